The Morgan fingerprint density at radius 1 is 1.30 bits per heavy atom. The first kappa shape index (κ1) is 14.6. The molecule has 20 heavy (non-hydrogen) atoms. The standard InChI is InChI=1S/C12H12F4N2O2/c13-9(14)6-18-10(19)5-17-11(18)7-3-1-2-4-8(7)20-12(15)16/h1-4,9,11-12,17H,5-6H2. The Labute approximate surface area is 112 Å². The monoisotopic (exact) mass is 292 g/mol. The predicted octanol–water partition coefficient (Wildman–Crippen LogP) is 1.98. The molecule has 1 heterocycles. The van der Waals surface area contributed by atoms with Gasteiger partial charge in [0.25, 0.3) is 6.43 Å². The van der Waals surface area contributed by atoms with Gasteiger partial charge in [-0.1, -0.05) is 18.2 Å². The SMILES string of the molecule is O=C1CNC(c2ccccc2OC(F)F)N1CC(F)F. The highest BCUT2D eigenvalue weighted by atomic mass is 19.3. The quantitative estimate of drug-likeness (QED) is 0.844. The maximum atomic E-state index is 12.5. The highest BCUT2D eigenvalue weighted by Crippen LogP contribution is 2.31. The third-order valence-electron chi connectivity index (χ3n) is 2.84. The molecule has 1 fully saturated rings. The van der Waals surface area contributed by atoms with Gasteiger partial charge in [-0.25, -0.2) is 8.78 Å². The topological polar surface area (TPSA) is 41.6 Å². The van der Waals surface area contributed by atoms with E-state index < -0.39 is 31.7 Å². The first-order valence-corrected chi connectivity index (χ1v) is 5.83. The van der Waals surface area contributed by atoms with E-state index in [1.807, 2.05) is 0 Å². The van der Waals surface area contributed by atoms with Crippen molar-refractivity contribution in [1.82, 2.24) is 10.2 Å². The average Bonchev–Trinajstić information content (AvgIpc) is 2.71. The Balaban J connectivity index is 2.27. The molecule has 1 atom stereocenters. The average molecular weight is 292 g/mol. The number of halogens is 4. The number of nitrogens with zero attached hydrogens (tertiary/aromatic N) is 1. The molecule has 0 bridgehead atoms. The molecule has 1 unspecified atom stereocenters. The van der Waals surface area contributed by atoms with Crippen molar-refractivity contribution in [2.75, 3.05) is 13.1 Å². The predicted molar refractivity (Wildman–Crippen MR) is 61.5 cm³/mol. The van der Waals surface area contributed by atoms with Crippen LogP contribution in [0.4, 0.5) is 17.6 Å². The van der Waals surface area contributed by atoms with Crippen LogP contribution in [0.15, 0.2) is 24.3 Å². The number of carbonyl (C=O) groups is 1. The van der Waals surface area contributed by atoms with E-state index in [1.165, 1.54) is 18.2 Å². The molecular weight excluding hydrogens is 280 g/mol. The smallest absolute Gasteiger partial charge is 0.387 e. The van der Waals surface area contributed by atoms with Crippen molar-refractivity contribution < 1.29 is 27.1 Å². The number of para-hydroxylation sites is 1. The van der Waals surface area contributed by atoms with E-state index in [1.54, 1.807) is 6.07 Å². The van der Waals surface area contributed by atoms with Crippen molar-refractivity contribution in [3.05, 3.63) is 29.8 Å². The summed E-state index contributed by atoms with van der Waals surface area (Å²) in [4.78, 5) is 12.5. The van der Waals surface area contributed by atoms with Crippen LogP contribution in [0.25, 0.3) is 0 Å². The van der Waals surface area contributed by atoms with E-state index in [-0.39, 0.29) is 17.9 Å². The summed E-state index contributed by atoms with van der Waals surface area (Å²) in [5.74, 6) is -0.656. The molecule has 1 aromatic carbocycles. The Bertz CT molecular complexity index is 484. The molecule has 1 aromatic rings. The number of alkyl halides is 4. The second-order valence-electron chi connectivity index (χ2n) is 4.14. The summed E-state index contributed by atoms with van der Waals surface area (Å²) in [6, 6.07) is 5.78. The molecule has 4 nitrogen and oxygen atoms in total. The normalized spacial score (nSPS) is 19.2. The lowest BCUT2D eigenvalue weighted by atomic mass is 10.1. The van der Waals surface area contributed by atoms with Crippen LogP contribution in [0, 0.1) is 0 Å². The highest BCUT2D eigenvalue weighted by Gasteiger charge is 2.35. The largest absolute Gasteiger partial charge is 0.434 e. The highest BCUT2D eigenvalue weighted by molar-refractivity contribution is 5.81. The van der Waals surface area contributed by atoms with E-state index in [0.717, 1.165) is 4.90 Å². The third kappa shape index (κ3) is 3.19. The third-order valence-corrected chi connectivity index (χ3v) is 2.84. The molecule has 8 heteroatoms. The van der Waals surface area contributed by atoms with Crippen LogP contribution in [0.5, 0.6) is 5.75 Å². The van der Waals surface area contributed by atoms with Crippen molar-refractivity contribution in [2.24, 2.45) is 0 Å². The zero-order chi connectivity index (χ0) is 14.7. The zero-order valence-corrected chi connectivity index (χ0v) is 10.2. The fourth-order valence-electron chi connectivity index (χ4n) is 2.08. The van der Waals surface area contributed by atoms with Gasteiger partial charge in [0.2, 0.25) is 5.91 Å². The van der Waals surface area contributed by atoms with Gasteiger partial charge < -0.3 is 9.64 Å². The van der Waals surface area contributed by atoms with Crippen molar-refractivity contribution >= 4 is 5.91 Å². The molecule has 1 aliphatic rings. The van der Waals surface area contributed by atoms with Gasteiger partial charge in [0, 0.05) is 5.56 Å². The lowest BCUT2D eigenvalue weighted by molar-refractivity contribution is -0.130. The number of nitrogens with one attached hydrogen (secondary N) is 1. The molecule has 0 radical (unpaired) electrons. The summed E-state index contributed by atoms with van der Waals surface area (Å²) >= 11 is 0. The number of ether oxygens (including phenoxy) is 1. The van der Waals surface area contributed by atoms with Gasteiger partial charge in [0.05, 0.1) is 13.1 Å². The zero-order valence-electron chi connectivity index (χ0n) is 10.2. The summed E-state index contributed by atoms with van der Waals surface area (Å²) < 4.78 is 54.0. The minimum absolute atomic E-state index is 0.125. The van der Waals surface area contributed by atoms with E-state index in [9.17, 15) is 22.4 Å². The Morgan fingerprint density at radius 2 is 2.00 bits per heavy atom. The minimum Gasteiger partial charge on any atom is -0.434 e. The molecule has 110 valence electrons. The van der Waals surface area contributed by atoms with Gasteiger partial charge >= 0.3 is 6.61 Å². The second-order valence-corrected chi connectivity index (χ2v) is 4.14. The van der Waals surface area contributed by atoms with Crippen molar-refractivity contribution in [3.63, 3.8) is 0 Å². The molecule has 0 saturated carbocycles. The Kier molecular flexibility index (Phi) is 4.43. The Hall–Kier alpha value is -1.83. The molecule has 0 aromatic heterocycles. The lowest BCUT2D eigenvalue weighted by Crippen LogP contribution is -2.34. The summed E-state index contributed by atoms with van der Waals surface area (Å²) in [5, 5.41) is 2.71. The summed E-state index contributed by atoms with van der Waals surface area (Å²) in [7, 11) is 0. The maximum absolute atomic E-state index is 12.5. The van der Waals surface area contributed by atoms with Crippen LogP contribution in [0.1, 0.15) is 11.7 Å². The van der Waals surface area contributed by atoms with Crippen LogP contribution in [-0.4, -0.2) is 36.9 Å². The lowest BCUT2D eigenvalue weighted by Gasteiger charge is -2.25. The fraction of sp³-hybridized carbons (Fsp3) is 0.417. The van der Waals surface area contributed by atoms with E-state index >= 15 is 0 Å². The van der Waals surface area contributed by atoms with Gasteiger partial charge in [0.15, 0.2) is 0 Å². The number of rotatable bonds is 5. The molecule has 0 spiro atoms. The molecule has 1 N–H and O–H groups in total. The molecule has 1 amide bonds. The molecule has 1 aliphatic heterocycles. The number of hydrogen-bond acceptors (Lipinski definition) is 3. The fourth-order valence-corrected chi connectivity index (χ4v) is 2.08. The molecule has 2 rings (SSSR count). The van der Waals surface area contributed by atoms with Crippen LogP contribution >= 0.6 is 0 Å². The first-order valence-electron chi connectivity index (χ1n) is 5.83. The summed E-state index contributed by atoms with van der Waals surface area (Å²) in [6.07, 6.45) is -3.60. The second kappa shape index (κ2) is 6.08. The van der Waals surface area contributed by atoms with Crippen molar-refractivity contribution in [3.8, 4) is 5.75 Å². The van der Waals surface area contributed by atoms with Gasteiger partial charge in [-0.05, 0) is 6.07 Å². The van der Waals surface area contributed by atoms with Crippen LogP contribution in [0.3, 0.4) is 0 Å². The molecule has 0 aliphatic carbocycles. The Morgan fingerprint density at radius 3 is 2.65 bits per heavy atom. The van der Waals surface area contributed by atoms with Crippen molar-refractivity contribution in [1.29, 1.82) is 0 Å². The van der Waals surface area contributed by atoms with Gasteiger partial charge in [-0.3, -0.25) is 10.1 Å². The number of hydrogen-bond donors (Lipinski definition) is 1. The van der Waals surface area contributed by atoms with Gasteiger partial charge in [0.1, 0.15) is 11.9 Å². The van der Waals surface area contributed by atoms with Crippen LogP contribution in [0.2, 0.25) is 0 Å². The summed E-state index contributed by atoms with van der Waals surface area (Å²) in [5.41, 5.74) is 0.222. The minimum atomic E-state index is -3.03. The van der Waals surface area contributed by atoms with E-state index in [4.69, 9.17) is 0 Å². The van der Waals surface area contributed by atoms with Crippen LogP contribution < -0.4 is 10.1 Å². The van der Waals surface area contributed by atoms with E-state index in [2.05, 4.69) is 10.1 Å². The molecular formula is C12H12F4N2O2. The molecule has 1 saturated heterocycles. The summed E-state index contributed by atoms with van der Waals surface area (Å²) in [6.45, 7) is -3.92. The van der Waals surface area contributed by atoms with Crippen LogP contribution in [-0.2, 0) is 4.79 Å². The van der Waals surface area contributed by atoms with E-state index in [0.29, 0.717) is 0 Å². The number of carbonyl (C=O) groups excluding carboxylic acids is 1. The van der Waals surface area contributed by atoms with Crippen molar-refractivity contribution in [2.45, 2.75) is 19.2 Å². The maximum Gasteiger partial charge on any atom is 0.387 e. The number of benzene rings is 1. The van der Waals surface area contributed by atoms with Gasteiger partial charge in [-0.15, -0.1) is 0 Å². The first-order chi connectivity index (χ1) is 9.49. The number of amides is 1. The van der Waals surface area contributed by atoms with Gasteiger partial charge in [-0.2, -0.15) is 8.78 Å².